The quantitative estimate of drug-likeness (QED) is 0.799. The van der Waals surface area contributed by atoms with Gasteiger partial charge in [-0.15, -0.1) is 0 Å². The first-order valence-corrected chi connectivity index (χ1v) is 6.06. The van der Waals surface area contributed by atoms with Crippen molar-refractivity contribution in [1.82, 2.24) is 0 Å². The highest BCUT2D eigenvalue weighted by atomic mass is 35.5. The van der Waals surface area contributed by atoms with E-state index in [9.17, 15) is 13.6 Å². The summed E-state index contributed by atoms with van der Waals surface area (Å²) in [6.45, 7) is 0. The molecule has 2 rings (SSSR count). The van der Waals surface area contributed by atoms with Crippen molar-refractivity contribution in [3.05, 3.63) is 70.2 Å². The zero-order chi connectivity index (χ0) is 14.7. The standard InChI is InChI=1S/C15H8ClF2NO/c16-11-5-3-7-13(18)14(11)10(8-19)15(20)9-4-1-2-6-12(9)17/h1-7,10H. The van der Waals surface area contributed by atoms with E-state index in [-0.39, 0.29) is 16.1 Å². The summed E-state index contributed by atoms with van der Waals surface area (Å²) in [5.41, 5.74) is -0.497. The summed E-state index contributed by atoms with van der Waals surface area (Å²) < 4.78 is 27.4. The maximum Gasteiger partial charge on any atom is 0.187 e. The summed E-state index contributed by atoms with van der Waals surface area (Å²) in [6.07, 6.45) is 0. The molecular weight excluding hydrogens is 284 g/mol. The van der Waals surface area contributed by atoms with Gasteiger partial charge >= 0.3 is 0 Å². The summed E-state index contributed by atoms with van der Waals surface area (Å²) in [5.74, 6) is -3.84. The van der Waals surface area contributed by atoms with Crippen molar-refractivity contribution in [2.75, 3.05) is 0 Å². The smallest absolute Gasteiger partial charge is 0.187 e. The van der Waals surface area contributed by atoms with Gasteiger partial charge in [0.2, 0.25) is 0 Å². The number of rotatable bonds is 3. The van der Waals surface area contributed by atoms with Gasteiger partial charge < -0.3 is 0 Å². The average molecular weight is 292 g/mol. The van der Waals surface area contributed by atoms with Crippen molar-refractivity contribution in [1.29, 1.82) is 5.26 Å². The van der Waals surface area contributed by atoms with E-state index in [1.54, 1.807) is 6.07 Å². The molecule has 2 nitrogen and oxygen atoms in total. The summed E-state index contributed by atoms with van der Waals surface area (Å²) in [4.78, 5) is 12.2. The Balaban J connectivity index is 2.52. The second kappa shape index (κ2) is 5.81. The third-order valence-corrected chi connectivity index (χ3v) is 3.15. The van der Waals surface area contributed by atoms with Crippen LogP contribution in [0.25, 0.3) is 0 Å². The van der Waals surface area contributed by atoms with Crippen LogP contribution in [0.1, 0.15) is 21.8 Å². The lowest BCUT2D eigenvalue weighted by Gasteiger charge is -2.12. The Bertz CT molecular complexity index is 689. The summed E-state index contributed by atoms with van der Waals surface area (Å²) in [6, 6.07) is 10.8. The molecule has 0 aliphatic heterocycles. The lowest BCUT2D eigenvalue weighted by molar-refractivity contribution is 0.0973. The third kappa shape index (κ3) is 2.54. The average Bonchev–Trinajstić information content (AvgIpc) is 2.43. The Hall–Kier alpha value is -2.25. The first-order valence-electron chi connectivity index (χ1n) is 5.68. The Kier molecular flexibility index (Phi) is 4.11. The SMILES string of the molecule is N#CC(C(=O)c1ccccc1F)c1c(F)cccc1Cl. The van der Waals surface area contributed by atoms with E-state index in [0.717, 1.165) is 12.1 Å². The molecule has 0 fully saturated rings. The monoisotopic (exact) mass is 291 g/mol. The van der Waals surface area contributed by atoms with Gasteiger partial charge in [0.1, 0.15) is 17.6 Å². The second-order valence-electron chi connectivity index (χ2n) is 4.04. The highest BCUT2D eigenvalue weighted by molar-refractivity contribution is 6.31. The zero-order valence-corrected chi connectivity index (χ0v) is 10.9. The third-order valence-electron chi connectivity index (χ3n) is 2.82. The van der Waals surface area contributed by atoms with E-state index in [0.29, 0.717) is 0 Å². The molecule has 0 spiro atoms. The van der Waals surface area contributed by atoms with Gasteiger partial charge in [0.05, 0.1) is 11.6 Å². The van der Waals surface area contributed by atoms with Crippen LogP contribution in [0.4, 0.5) is 8.78 Å². The molecule has 2 aromatic rings. The number of ketones is 1. The van der Waals surface area contributed by atoms with Gasteiger partial charge in [-0.25, -0.2) is 8.78 Å². The predicted molar refractivity (Wildman–Crippen MR) is 70.5 cm³/mol. The fraction of sp³-hybridized carbons (Fsp3) is 0.0667. The highest BCUT2D eigenvalue weighted by Gasteiger charge is 2.28. The normalized spacial score (nSPS) is 11.7. The zero-order valence-electron chi connectivity index (χ0n) is 10.1. The number of hydrogen-bond acceptors (Lipinski definition) is 2. The van der Waals surface area contributed by atoms with Gasteiger partial charge in [-0.05, 0) is 24.3 Å². The number of hydrogen-bond donors (Lipinski definition) is 0. The van der Waals surface area contributed by atoms with E-state index in [1.807, 2.05) is 0 Å². The van der Waals surface area contributed by atoms with Crippen LogP contribution in [0.15, 0.2) is 42.5 Å². The lowest BCUT2D eigenvalue weighted by atomic mass is 9.91. The van der Waals surface area contributed by atoms with Crippen LogP contribution in [-0.4, -0.2) is 5.78 Å². The molecule has 0 heterocycles. The van der Waals surface area contributed by atoms with Gasteiger partial charge in [-0.3, -0.25) is 4.79 Å². The van der Waals surface area contributed by atoms with Gasteiger partial charge in [0.15, 0.2) is 5.78 Å². The minimum atomic E-state index is -1.49. The molecule has 0 radical (unpaired) electrons. The molecule has 0 aliphatic rings. The first kappa shape index (κ1) is 14.2. The van der Waals surface area contributed by atoms with Gasteiger partial charge in [0.25, 0.3) is 0 Å². The van der Waals surface area contributed by atoms with Gasteiger partial charge in [-0.1, -0.05) is 29.8 Å². The van der Waals surface area contributed by atoms with Crippen molar-refractivity contribution >= 4 is 17.4 Å². The van der Waals surface area contributed by atoms with Crippen molar-refractivity contribution in [3.63, 3.8) is 0 Å². The molecule has 1 atom stereocenters. The number of halogens is 3. The van der Waals surface area contributed by atoms with Crippen molar-refractivity contribution in [2.45, 2.75) is 5.92 Å². The van der Waals surface area contributed by atoms with Crippen LogP contribution in [-0.2, 0) is 0 Å². The predicted octanol–water partition coefficient (Wildman–Crippen LogP) is 4.11. The van der Waals surface area contributed by atoms with Crippen molar-refractivity contribution in [3.8, 4) is 6.07 Å². The maximum absolute atomic E-state index is 13.8. The largest absolute Gasteiger partial charge is 0.292 e. The molecule has 5 heteroatoms. The molecule has 0 aromatic heterocycles. The Morgan fingerprint density at radius 1 is 1.10 bits per heavy atom. The number of nitrogens with zero attached hydrogens (tertiary/aromatic N) is 1. The summed E-state index contributed by atoms with van der Waals surface area (Å²) in [7, 11) is 0. The molecule has 100 valence electrons. The maximum atomic E-state index is 13.8. The fourth-order valence-corrected chi connectivity index (χ4v) is 2.13. The van der Waals surface area contributed by atoms with E-state index in [1.165, 1.54) is 30.3 Å². The molecule has 0 saturated heterocycles. The minimum absolute atomic E-state index is 0.0405. The lowest BCUT2D eigenvalue weighted by Crippen LogP contribution is -2.14. The number of carbonyl (C=O) groups excluding carboxylic acids is 1. The molecule has 0 bridgehead atoms. The number of Topliss-reactive ketones (excluding diaryl/α,β-unsaturated/α-hetero) is 1. The minimum Gasteiger partial charge on any atom is -0.292 e. The Morgan fingerprint density at radius 3 is 2.35 bits per heavy atom. The first-order chi connectivity index (χ1) is 9.56. The molecule has 0 N–H and O–H groups in total. The summed E-state index contributed by atoms with van der Waals surface area (Å²) in [5, 5.41) is 9.09. The van der Waals surface area contributed by atoms with Gasteiger partial charge in [-0.2, -0.15) is 5.26 Å². The number of benzene rings is 2. The van der Waals surface area contributed by atoms with E-state index in [4.69, 9.17) is 16.9 Å². The van der Waals surface area contributed by atoms with Crippen LogP contribution in [0.2, 0.25) is 5.02 Å². The molecule has 2 aromatic carbocycles. The van der Waals surface area contributed by atoms with Crippen molar-refractivity contribution < 1.29 is 13.6 Å². The van der Waals surface area contributed by atoms with E-state index < -0.39 is 23.3 Å². The van der Waals surface area contributed by atoms with Crippen LogP contribution >= 0.6 is 11.6 Å². The Labute approximate surface area is 119 Å². The molecule has 1 unspecified atom stereocenters. The van der Waals surface area contributed by atoms with Crippen LogP contribution in [0.3, 0.4) is 0 Å². The van der Waals surface area contributed by atoms with E-state index in [2.05, 4.69) is 0 Å². The number of carbonyl (C=O) groups is 1. The van der Waals surface area contributed by atoms with Crippen LogP contribution < -0.4 is 0 Å². The van der Waals surface area contributed by atoms with E-state index >= 15 is 0 Å². The number of nitriles is 1. The molecule has 0 aliphatic carbocycles. The summed E-state index contributed by atoms with van der Waals surface area (Å²) >= 11 is 5.84. The van der Waals surface area contributed by atoms with Gasteiger partial charge in [0, 0.05) is 10.6 Å². The second-order valence-corrected chi connectivity index (χ2v) is 4.45. The van der Waals surface area contributed by atoms with Crippen LogP contribution in [0.5, 0.6) is 0 Å². The fourth-order valence-electron chi connectivity index (χ4n) is 1.86. The topological polar surface area (TPSA) is 40.9 Å². The highest BCUT2D eigenvalue weighted by Crippen LogP contribution is 2.30. The molecule has 20 heavy (non-hydrogen) atoms. The molecular formula is C15H8ClF2NO. The van der Waals surface area contributed by atoms with Crippen molar-refractivity contribution in [2.24, 2.45) is 0 Å². The Morgan fingerprint density at radius 2 is 1.75 bits per heavy atom. The molecule has 0 amide bonds. The van der Waals surface area contributed by atoms with Crippen LogP contribution in [0, 0.1) is 23.0 Å². The molecule has 0 saturated carbocycles.